The molecule has 1 fully saturated rings. The molecule has 124 valence electrons. The van der Waals surface area contributed by atoms with Crippen molar-refractivity contribution < 1.29 is 0 Å². The maximum Gasteiger partial charge on any atom is 0.137 e. The van der Waals surface area contributed by atoms with Gasteiger partial charge in [-0.1, -0.05) is 39.7 Å². The minimum Gasteiger partial charge on any atom is -0.314 e. The number of nitrogens with one attached hydrogen (secondary N) is 1. The molecule has 1 aliphatic heterocycles. The summed E-state index contributed by atoms with van der Waals surface area (Å²) in [6, 6.07) is 12.2. The number of piperazine rings is 1. The Bertz CT molecular complexity index is 853. The zero-order valence-electron chi connectivity index (χ0n) is 13.2. The molecule has 0 saturated carbocycles. The molecule has 0 radical (unpaired) electrons. The number of hydrogen-bond donors (Lipinski definition) is 1. The molecule has 3 aromatic rings. The molecule has 4 rings (SSSR count). The predicted octanol–water partition coefficient (Wildman–Crippen LogP) is 3.82. The largest absolute Gasteiger partial charge is 0.314 e. The van der Waals surface area contributed by atoms with Crippen molar-refractivity contribution >= 4 is 33.2 Å². The van der Waals surface area contributed by atoms with Crippen LogP contribution in [0.5, 0.6) is 0 Å². The number of fused-ring (bicyclic) bond motifs is 1. The maximum absolute atomic E-state index is 6.23. The first-order valence-corrected chi connectivity index (χ1v) is 9.23. The van der Waals surface area contributed by atoms with Crippen LogP contribution in [0.3, 0.4) is 0 Å². The Balaban J connectivity index is 1.81. The summed E-state index contributed by atoms with van der Waals surface area (Å²) in [5, 5.41) is 4.13. The number of nitrogens with zero attached hydrogens (tertiary/aromatic N) is 3. The van der Waals surface area contributed by atoms with Gasteiger partial charge in [-0.3, -0.25) is 4.90 Å². The van der Waals surface area contributed by atoms with Gasteiger partial charge >= 0.3 is 0 Å². The van der Waals surface area contributed by atoms with Gasteiger partial charge in [-0.05, 0) is 24.3 Å². The van der Waals surface area contributed by atoms with E-state index in [0.29, 0.717) is 0 Å². The Morgan fingerprint density at radius 3 is 2.58 bits per heavy atom. The summed E-state index contributed by atoms with van der Waals surface area (Å²) in [6.45, 7) is 5.03. The smallest absolute Gasteiger partial charge is 0.137 e. The van der Waals surface area contributed by atoms with Crippen molar-refractivity contribution in [3.8, 4) is 11.3 Å². The maximum atomic E-state index is 6.23. The Hall–Kier alpha value is -1.40. The van der Waals surface area contributed by atoms with Crippen molar-refractivity contribution in [2.24, 2.45) is 0 Å². The average molecular weight is 406 g/mol. The molecule has 0 bridgehead atoms. The van der Waals surface area contributed by atoms with E-state index in [1.165, 1.54) is 5.69 Å². The van der Waals surface area contributed by atoms with E-state index in [-0.39, 0.29) is 0 Å². The fourth-order valence-corrected chi connectivity index (χ4v) is 3.56. The number of halogens is 2. The first-order valence-electron chi connectivity index (χ1n) is 8.06. The van der Waals surface area contributed by atoms with Crippen LogP contribution in [0.25, 0.3) is 16.9 Å². The molecule has 3 heterocycles. The normalized spacial score (nSPS) is 15.9. The minimum atomic E-state index is 0.726. The van der Waals surface area contributed by atoms with Crippen LogP contribution >= 0.6 is 27.5 Å². The lowest BCUT2D eigenvalue weighted by atomic mass is 10.1. The molecule has 0 amide bonds. The molecule has 1 aromatic carbocycles. The first-order chi connectivity index (χ1) is 11.7. The van der Waals surface area contributed by atoms with Gasteiger partial charge in [-0.15, -0.1) is 0 Å². The summed E-state index contributed by atoms with van der Waals surface area (Å²) in [7, 11) is 0. The molecular weight excluding hydrogens is 388 g/mol. The number of aromatic nitrogens is 2. The number of imidazole rings is 1. The van der Waals surface area contributed by atoms with Crippen LogP contribution in [0.1, 0.15) is 5.69 Å². The monoisotopic (exact) mass is 404 g/mol. The third-order valence-electron chi connectivity index (χ3n) is 4.38. The molecule has 4 nitrogen and oxygen atoms in total. The van der Waals surface area contributed by atoms with Crippen molar-refractivity contribution in [2.75, 3.05) is 26.2 Å². The highest BCUT2D eigenvalue weighted by Gasteiger charge is 2.18. The molecular formula is C18H18BrClN4. The van der Waals surface area contributed by atoms with Crippen molar-refractivity contribution in [3.05, 3.63) is 57.8 Å². The van der Waals surface area contributed by atoms with Gasteiger partial charge in [0, 0.05) is 49.0 Å². The summed E-state index contributed by atoms with van der Waals surface area (Å²) in [5.41, 5.74) is 4.28. The van der Waals surface area contributed by atoms with Crippen molar-refractivity contribution in [3.63, 3.8) is 0 Å². The zero-order chi connectivity index (χ0) is 16.5. The average Bonchev–Trinajstić information content (AvgIpc) is 2.94. The summed E-state index contributed by atoms with van der Waals surface area (Å²) in [6.07, 6.45) is 1.96. The first kappa shape index (κ1) is 16.1. The van der Waals surface area contributed by atoms with Gasteiger partial charge in [0.25, 0.3) is 0 Å². The topological polar surface area (TPSA) is 32.6 Å². The van der Waals surface area contributed by atoms with Gasteiger partial charge in [-0.25, -0.2) is 4.98 Å². The van der Waals surface area contributed by atoms with Gasteiger partial charge < -0.3 is 9.72 Å². The van der Waals surface area contributed by atoms with Gasteiger partial charge in [0.2, 0.25) is 0 Å². The second-order valence-electron chi connectivity index (χ2n) is 6.02. The molecule has 0 unspecified atom stereocenters. The van der Waals surface area contributed by atoms with Crippen LogP contribution in [-0.4, -0.2) is 40.5 Å². The molecule has 0 atom stereocenters. The van der Waals surface area contributed by atoms with E-state index in [1.807, 2.05) is 18.3 Å². The van der Waals surface area contributed by atoms with Gasteiger partial charge in [0.15, 0.2) is 0 Å². The molecule has 1 aliphatic rings. The second-order valence-corrected chi connectivity index (χ2v) is 7.37. The standard InChI is InChI=1S/C18H18BrClN4/c19-14-3-1-13(2-4-14)18-16(12-23-9-7-21-8-10-23)24-11-15(20)5-6-17(24)22-18/h1-6,11,21H,7-10,12H2. The molecule has 24 heavy (non-hydrogen) atoms. The lowest BCUT2D eigenvalue weighted by Crippen LogP contribution is -2.43. The van der Waals surface area contributed by atoms with Crippen LogP contribution in [0.2, 0.25) is 5.02 Å². The third-order valence-corrected chi connectivity index (χ3v) is 5.13. The lowest BCUT2D eigenvalue weighted by Gasteiger charge is -2.27. The Morgan fingerprint density at radius 1 is 1.08 bits per heavy atom. The predicted molar refractivity (Wildman–Crippen MR) is 101 cm³/mol. The molecule has 0 aliphatic carbocycles. The molecule has 6 heteroatoms. The molecule has 2 aromatic heterocycles. The van der Waals surface area contributed by atoms with Gasteiger partial charge in [-0.2, -0.15) is 0 Å². The van der Waals surface area contributed by atoms with Crippen molar-refractivity contribution in [2.45, 2.75) is 6.54 Å². The highest BCUT2D eigenvalue weighted by molar-refractivity contribution is 9.10. The van der Waals surface area contributed by atoms with Crippen molar-refractivity contribution in [1.29, 1.82) is 0 Å². The minimum absolute atomic E-state index is 0.726. The number of rotatable bonds is 3. The molecule has 0 spiro atoms. The van der Waals surface area contributed by atoms with E-state index >= 15 is 0 Å². The summed E-state index contributed by atoms with van der Waals surface area (Å²) in [5.74, 6) is 0. The highest BCUT2D eigenvalue weighted by Crippen LogP contribution is 2.28. The van der Waals surface area contributed by atoms with E-state index in [1.54, 1.807) is 0 Å². The van der Waals surface area contributed by atoms with Gasteiger partial charge in [0.05, 0.1) is 16.4 Å². The summed E-state index contributed by atoms with van der Waals surface area (Å²) < 4.78 is 3.20. The Morgan fingerprint density at radius 2 is 1.83 bits per heavy atom. The third kappa shape index (κ3) is 3.22. The fourth-order valence-electron chi connectivity index (χ4n) is 3.14. The Labute approximate surface area is 154 Å². The zero-order valence-corrected chi connectivity index (χ0v) is 15.5. The summed E-state index contributed by atoms with van der Waals surface area (Å²) >= 11 is 9.73. The second kappa shape index (κ2) is 6.84. The SMILES string of the molecule is Clc1ccc2nc(-c3ccc(Br)cc3)c(CN3CCNCC3)n2c1. The number of benzene rings is 1. The fraction of sp³-hybridized carbons (Fsp3) is 0.278. The molecule has 1 N–H and O–H groups in total. The van der Waals surface area contributed by atoms with Crippen LogP contribution < -0.4 is 5.32 Å². The quantitative estimate of drug-likeness (QED) is 0.719. The highest BCUT2D eigenvalue weighted by atomic mass is 79.9. The number of hydrogen-bond acceptors (Lipinski definition) is 3. The van der Waals surface area contributed by atoms with E-state index in [4.69, 9.17) is 16.6 Å². The van der Waals surface area contributed by atoms with Gasteiger partial charge in [0.1, 0.15) is 5.65 Å². The van der Waals surface area contributed by atoms with Crippen LogP contribution in [0.15, 0.2) is 47.1 Å². The van der Waals surface area contributed by atoms with E-state index in [2.05, 4.69) is 54.8 Å². The number of pyridine rings is 1. The van der Waals surface area contributed by atoms with Crippen molar-refractivity contribution in [1.82, 2.24) is 19.6 Å². The lowest BCUT2D eigenvalue weighted by molar-refractivity contribution is 0.230. The van der Waals surface area contributed by atoms with E-state index in [0.717, 1.165) is 59.1 Å². The summed E-state index contributed by atoms with van der Waals surface area (Å²) in [4.78, 5) is 7.33. The van der Waals surface area contributed by atoms with Crippen LogP contribution in [0, 0.1) is 0 Å². The van der Waals surface area contributed by atoms with Crippen LogP contribution in [-0.2, 0) is 6.54 Å². The van der Waals surface area contributed by atoms with Crippen LogP contribution in [0.4, 0.5) is 0 Å². The van der Waals surface area contributed by atoms with E-state index < -0.39 is 0 Å². The molecule has 1 saturated heterocycles. The Kier molecular flexibility index (Phi) is 4.59. The van der Waals surface area contributed by atoms with E-state index in [9.17, 15) is 0 Å².